The molecule has 2 aliphatic rings. The molecule has 0 saturated heterocycles. The van der Waals surface area contributed by atoms with E-state index in [0.717, 1.165) is 37.3 Å². The number of hydrogen-bond donors (Lipinski definition) is 1. The third-order valence-corrected chi connectivity index (χ3v) is 4.72. The van der Waals surface area contributed by atoms with E-state index < -0.39 is 0 Å². The first-order valence-corrected chi connectivity index (χ1v) is 7.46. The molecular formula is C16H16N2OS. The molecule has 20 heavy (non-hydrogen) atoms. The highest BCUT2D eigenvalue weighted by Crippen LogP contribution is 2.52. The smallest absolute Gasteiger partial charge is 0.135 e. The van der Waals surface area contributed by atoms with Gasteiger partial charge < -0.3 is 9.72 Å². The van der Waals surface area contributed by atoms with E-state index in [0.29, 0.717) is 11.2 Å². The molecule has 102 valence electrons. The quantitative estimate of drug-likeness (QED) is 0.860. The molecule has 0 radical (unpaired) electrons. The number of rotatable bonds is 2. The van der Waals surface area contributed by atoms with Crippen LogP contribution >= 0.6 is 12.2 Å². The molecule has 4 rings (SSSR count). The van der Waals surface area contributed by atoms with Crippen LogP contribution in [-0.4, -0.2) is 16.6 Å². The standard InChI is InChI=1S/C16H16N2OS/c20-14-12-10-19-9-6-13(12)17-15(18-14)16(7-8-16)11-4-2-1-3-5-11/h1-5H,6-10H2,(H,17,18,20). The van der Waals surface area contributed by atoms with E-state index in [-0.39, 0.29) is 5.41 Å². The van der Waals surface area contributed by atoms with Gasteiger partial charge in [-0.15, -0.1) is 0 Å². The van der Waals surface area contributed by atoms with Gasteiger partial charge in [0, 0.05) is 17.7 Å². The lowest BCUT2D eigenvalue weighted by molar-refractivity contribution is 0.108. The Hall–Kier alpha value is -1.52. The highest BCUT2D eigenvalue weighted by molar-refractivity contribution is 7.71. The summed E-state index contributed by atoms with van der Waals surface area (Å²) in [6, 6.07) is 10.6. The topological polar surface area (TPSA) is 37.9 Å². The average molecular weight is 284 g/mol. The molecule has 0 unspecified atom stereocenters. The second-order valence-electron chi connectivity index (χ2n) is 5.60. The van der Waals surface area contributed by atoms with E-state index in [9.17, 15) is 0 Å². The van der Waals surface area contributed by atoms with Crippen LogP contribution < -0.4 is 0 Å². The van der Waals surface area contributed by atoms with Crippen molar-refractivity contribution in [1.82, 2.24) is 9.97 Å². The van der Waals surface area contributed by atoms with E-state index in [2.05, 4.69) is 40.3 Å². The molecule has 1 fully saturated rings. The Balaban J connectivity index is 1.84. The van der Waals surface area contributed by atoms with Crippen LogP contribution in [0.4, 0.5) is 0 Å². The first kappa shape index (κ1) is 12.2. The van der Waals surface area contributed by atoms with Gasteiger partial charge >= 0.3 is 0 Å². The molecule has 1 aliphatic heterocycles. The molecule has 0 spiro atoms. The number of ether oxygens (including phenoxy) is 1. The molecular weight excluding hydrogens is 268 g/mol. The third kappa shape index (κ3) is 1.83. The summed E-state index contributed by atoms with van der Waals surface area (Å²) in [6.45, 7) is 1.36. The number of benzene rings is 1. The summed E-state index contributed by atoms with van der Waals surface area (Å²) in [5, 5.41) is 0. The molecule has 0 atom stereocenters. The summed E-state index contributed by atoms with van der Waals surface area (Å²) in [6.07, 6.45) is 3.19. The second-order valence-corrected chi connectivity index (χ2v) is 5.99. The van der Waals surface area contributed by atoms with E-state index in [1.54, 1.807) is 0 Å². The normalized spacial score (nSPS) is 19.4. The van der Waals surface area contributed by atoms with Crippen molar-refractivity contribution in [2.75, 3.05) is 6.61 Å². The average Bonchev–Trinajstić information content (AvgIpc) is 3.30. The van der Waals surface area contributed by atoms with Crippen LogP contribution in [0, 0.1) is 4.64 Å². The van der Waals surface area contributed by atoms with Crippen molar-refractivity contribution >= 4 is 12.2 Å². The van der Waals surface area contributed by atoms with Gasteiger partial charge in [-0.2, -0.15) is 0 Å². The van der Waals surface area contributed by atoms with Gasteiger partial charge in [-0.05, 0) is 18.4 Å². The summed E-state index contributed by atoms with van der Waals surface area (Å²) in [7, 11) is 0. The van der Waals surface area contributed by atoms with Gasteiger partial charge in [-0.3, -0.25) is 0 Å². The number of aromatic nitrogens is 2. The SMILES string of the molecule is S=c1nc(C2(c3ccccc3)CC2)[nH]c2c1COCC2. The number of nitrogens with one attached hydrogen (secondary N) is 1. The fourth-order valence-corrected chi connectivity index (χ4v) is 3.30. The van der Waals surface area contributed by atoms with Crippen LogP contribution in [0.15, 0.2) is 30.3 Å². The Labute approximate surface area is 123 Å². The summed E-state index contributed by atoms with van der Waals surface area (Å²) in [4.78, 5) is 8.23. The number of hydrogen-bond acceptors (Lipinski definition) is 3. The molecule has 0 bridgehead atoms. The zero-order valence-corrected chi connectivity index (χ0v) is 12.0. The molecule has 1 N–H and O–H groups in total. The zero-order valence-electron chi connectivity index (χ0n) is 11.2. The molecule has 1 aromatic carbocycles. The first-order chi connectivity index (χ1) is 9.79. The number of H-pyrrole nitrogens is 1. The summed E-state index contributed by atoms with van der Waals surface area (Å²) in [5.74, 6) is 1.04. The van der Waals surface area contributed by atoms with Crippen molar-refractivity contribution in [2.24, 2.45) is 0 Å². The summed E-state index contributed by atoms with van der Waals surface area (Å²) in [5.41, 5.74) is 3.68. The van der Waals surface area contributed by atoms with Crippen molar-refractivity contribution in [2.45, 2.75) is 31.3 Å². The minimum atomic E-state index is 0.0577. The van der Waals surface area contributed by atoms with Crippen molar-refractivity contribution in [3.8, 4) is 0 Å². The van der Waals surface area contributed by atoms with E-state index in [1.165, 1.54) is 11.3 Å². The lowest BCUT2D eigenvalue weighted by Gasteiger charge is -2.21. The Morgan fingerprint density at radius 2 is 2.00 bits per heavy atom. The van der Waals surface area contributed by atoms with Crippen molar-refractivity contribution < 1.29 is 4.74 Å². The maximum atomic E-state index is 5.48. The maximum absolute atomic E-state index is 5.48. The van der Waals surface area contributed by atoms with Crippen molar-refractivity contribution in [1.29, 1.82) is 0 Å². The predicted molar refractivity (Wildman–Crippen MR) is 79.2 cm³/mol. The van der Waals surface area contributed by atoms with Crippen LogP contribution in [0.2, 0.25) is 0 Å². The molecule has 2 heterocycles. The van der Waals surface area contributed by atoms with Crippen molar-refractivity contribution in [3.63, 3.8) is 0 Å². The molecule has 3 nitrogen and oxygen atoms in total. The van der Waals surface area contributed by atoms with Crippen LogP contribution in [0.25, 0.3) is 0 Å². The van der Waals surface area contributed by atoms with E-state index >= 15 is 0 Å². The Bertz CT molecular complexity index is 704. The maximum Gasteiger partial charge on any atom is 0.135 e. The summed E-state index contributed by atoms with van der Waals surface area (Å²) < 4.78 is 6.18. The molecule has 1 saturated carbocycles. The fourth-order valence-electron chi connectivity index (χ4n) is 3.03. The van der Waals surface area contributed by atoms with Gasteiger partial charge in [0.15, 0.2) is 0 Å². The molecule has 1 aromatic heterocycles. The van der Waals surface area contributed by atoms with Crippen LogP contribution in [0.3, 0.4) is 0 Å². The predicted octanol–water partition coefficient (Wildman–Crippen LogP) is 3.29. The second kappa shape index (κ2) is 4.50. The Morgan fingerprint density at radius 1 is 1.20 bits per heavy atom. The van der Waals surface area contributed by atoms with Gasteiger partial charge in [0.1, 0.15) is 10.5 Å². The summed E-state index contributed by atoms with van der Waals surface area (Å²) >= 11 is 5.46. The fraction of sp³-hybridized carbons (Fsp3) is 0.375. The zero-order chi connectivity index (χ0) is 13.6. The van der Waals surface area contributed by atoms with Crippen LogP contribution in [0.1, 0.15) is 35.5 Å². The third-order valence-electron chi connectivity index (χ3n) is 4.38. The van der Waals surface area contributed by atoms with Gasteiger partial charge in [0.25, 0.3) is 0 Å². The Morgan fingerprint density at radius 3 is 2.75 bits per heavy atom. The van der Waals surface area contributed by atoms with E-state index in [4.69, 9.17) is 17.0 Å². The number of fused-ring (bicyclic) bond motifs is 1. The lowest BCUT2D eigenvalue weighted by Crippen LogP contribution is -2.20. The lowest BCUT2D eigenvalue weighted by atomic mass is 9.94. The van der Waals surface area contributed by atoms with Crippen LogP contribution in [-0.2, 0) is 23.2 Å². The highest BCUT2D eigenvalue weighted by Gasteiger charge is 2.48. The molecule has 4 heteroatoms. The molecule has 1 aliphatic carbocycles. The molecule has 0 amide bonds. The first-order valence-electron chi connectivity index (χ1n) is 7.05. The van der Waals surface area contributed by atoms with Gasteiger partial charge in [0.2, 0.25) is 0 Å². The number of aromatic amines is 1. The minimum absolute atomic E-state index is 0.0577. The van der Waals surface area contributed by atoms with Gasteiger partial charge in [-0.25, -0.2) is 4.98 Å². The minimum Gasteiger partial charge on any atom is -0.376 e. The number of nitrogens with zero attached hydrogens (tertiary/aromatic N) is 1. The monoisotopic (exact) mass is 284 g/mol. The Kier molecular flexibility index (Phi) is 2.75. The molecule has 2 aromatic rings. The van der Waals surface area contributed by atoms with Gasteiger partial charge in [-0.1, -0.05) is 42.5 Å². The van der Waals surface area contributed by atoms with Crippen molar-refractivity contribution in [3.05, 3.63) is 57.6 Å². The largest absolute Gasteiger partial charge is 0.376 e. The highest BCUT2D eigenvalue weighted by atomic mass is 32.1. The van der Waals surface area contributed by atoms with E-state index in [1.807, 2.05) is 0 Å². The van der Waals surface area contributed by atoms with Gasteiger partial charge in [0.05, 0.1) is 18.6 Å². The van der Waals surface area contributed by atoms with Crippen LogP contribution in [0.5, 0.6) is 0 Å².